The molecular formula is C25H24FN3O6. The van der Waals surface area contributed by atoms with Crippen LogP contribution in [0.5, 0.6) is 5.75 Å². The molecule has 2 fully saturated rings. The lowest BCUT2D eigenvalue weighted by molar-refractivity contribution is 0.0685. The molecule has 2 aliphatic rings. The first-order chi connectivity index (χ1) is 16.7. The van der Waals surface area contributed by atoms with Crippen molar-refractivity contribution in [2.24, 2.45) is 0 Å². The molecule has 2 aromatic carbocycles. The van der Waals surface area contributed by atoms with Gasteiger partial charge in [-0.1, -0.05) is 0 Å². The van der Waals surface area contributed by atoms with Gasteiger partial charge in [-0.15, -0.1) is 0 Å². The second-order valence-corrected chi connectivity index (χ2v) is 9.05. The van der Waals surface area contributed by atoms with Crippen LogP contribution in [-0.2, 0) is 6.54 Å². The highest BCUT2D eigenvalue weighted by molar-refractivity contribution is 5.93. The maximum absolute atomic E-state index is 15.1. The van der Waals surface area contributed by atoms with Crippen molar-refractivity contribution in [2.75, 3.05) is 31.1 Å². The van der Waals surface area contributed by atoms with E-state index < -0.39 is 23.2 Å². The van der Waals surface area contributed by atoms with E-state index in [1.54, 1.807) is 10.6 Å². The van der Waals surface area contributed by atoms with Gasteiger partial charge in [0.05, 0.1) is 16.8 Å². The summed E-state index contributed by atoms with van der Waals surface area (Å²) in [6.45, 7) is 2.45. The third kappa shape index (κ3) is 4.32. The van der Waals surface area contributed by atoms with E-state index in [0.717, 1.165) is 18.9 Å². The number of fused-ring (bicyclic) bond motifs is 1. The number of carboxylic acids is 2. The molecule has 0 amide bonds. The van der Waals surface area contributed by atoms with Crippen LogP contribution in [0.2, 0.25) is 0 Å². The maximum Gasteiger partial charge on any atom is 0.341 e. The van der Waals surface area contributed by atoms with Crippen molar-refractivity contribution in [3.63, 3.8) is 0 Å². The minimum absolute atomic E-state index is 0.0248. The van der Waals surface area contributed by atoms with Crippen LogP contribution in [0.15, 0.2) is 41.3 Å². The number of carbonyl (C=O) groups is 2. The highest BCUT2D eigenvalue weighted by Gasteiger charge is 2.28. The monoisotopic (exact) mass is 481 g/mol. The Hall–Kier alpha value is -3.92. The molecular weight excluding hydrogens is 457 g/mol. The smallest absolute Gasteiger partial charge is 0.341 e. The summed E-state index contributed by atoms with van der Waals surface area (Å²) in [5.41, 5.74) is 0.435. The Morgan fingerprint density at radius 3 is 2.34 bits per heavy atom. The van der Waals surface area contributed by atoms with E-state index in [0.29, 0.717) is 49.5 Å². The molecule has 2 heterocycles. The first kappa shape index (κ1) is 22.9. The number of pyridine rings is 1. The molecule has 35 heavy (non-hydrogen) atoms. The number of rotatable bonds is 6. The molecule has 1 saturated heterocycles. The molecule has 1 aromatic heterocycles. The summed E-state index contributed by atoms with van der Waals surface area (Å²) >= 11 is 0. The standard InChI is InChI=1S/C25H24FN3O6/c26-19-10-17-20(29(16-2-3-16)13-18(23(17)31)25(34)35)11-21(19)28-7-5-27(6-8-28)12-15-9-14(24(32)33)1-4-22(15)30/h1,4,9-11,13,16,30H,2-3,5-8,12H2,(H,32,33)(H,34,35). The number of aromatic carboxylic acids is 2. The molecule has 10 heteroatoms. The summed E-state index contributed by atoms with van der Waals surface area (Å²) in [6.07, 6.45) is 3.11. The number of anilines is 1. The number of hydrogen-bond donors (Lipinski definition) is 3. The van der Waals surface area contributed by atoms with E-state index in [2.05, 4.69) is 4.90 Å². The molecule has 182 valence electrons. The number of aromatic hydroxyl groups is 1. The van der Waals surface area contributed by atoms with Gasteiger partial charge < -0.3 is 24.8 Å². The largest absolute Gasteiger partial charge is 0.508 e. The number of aromatic nitrogens is 1. The SMILES string of the molecule is O=C(O)c1ccc(O)c(CN2CCN(c3cc4c(cc3F)c(=O)c(C(=O)O)cn4C3CC3)CC2)c1. The van der Waals surface area contributed by atoms with E-state index in [-0.39, 0.29) is 28.3 Å². The average molecular weight is 481 g/mol. The molecule has 3 aromatic rings. The molecule has 5 rings (SSSR count). The van der Waals surface area contributed by atoms with Crippen LogP contribution >= 0.6 is 0 Å². The van der Waals surface area contributed by atoms with Crippen molar-refractivity contribution in [1.82, 2.24) is 9.47 Å². The molecule has 0 spiro atoms. The normalized spacial score (nSPS) is 16.5. The van der Waals surface area contributed by atoms with E-state index in [1.165, 1.54) is 24.4 Å². The van der Waals surface area contributed by atoms with Gasteiger partial charge in [0.2, 0.25) is 5.43 Å². The van der Waals surface area contributed by atoms with Crippen molar-refractivity contribution in [1.29, 1.82) is 0 Å². The number of benzene rings is 2. The summed E-state index contributed by atoms with van der Waals surface area (Å²) in [6, 6.07) is 7.04. The zero-order valence-corrected chi connectivity index (χ0v) is 18.8. The summed E-state index contributed by atoms with van der Waals surface area (Å²) in [5, 5.41) is 28.8. The molecule has 0 bridgehead atoms. The van der Waals surface area contributed by atoms with Gasteiger partial charge >= 0.3 is 11.9 Å². The van der Waals surface area contributed by atoms with Crippen molar-refractivity contribution in [2.45, 2.75) is 25.4 Å². The second kappa shape index (κ2) is 8.70. The molecule has 0 unspecified atom stereocenters. The number of hydrogen-bond acceptors (Lipinski definition) is 6. The third-order valence-electron chi connectivity index (χ3n) is 6.70. The van der Waals surface area contributed by atoms with Crippen LogP contribution in [0, 0.1) is 5.82 Å². The van der Waals surface area contributed by atoms with E-state index >= 15 is 4.39 Å². The van der Waals surface area contributed by atoms with Crippen LogP contribution in [0.25, 0.3) is 10.9 Å². The quantitative estimate of drug-likeness (QED) is 0.491. The molecule has 1 saturated carbocycles. The molecule has 0 atom stereocenters. The Morgan fingerprint density at radius 1 is 1.00 bits per heavy atom. The number of phenolic OH excluding ortho intramolecular Hbond substituents is 1. The Kier molecular flexibility index (Phi) is 5.68. The van der Waals surface area contributed by atoms with Crippen molar-refractivity contribution < 1.29 is 29.3 Å². The van der Waals surface area contributed by atoms with Gasteiger partial charge in [0.15, 0.2) is 0 Å². The predicted molar refractivity (Wildman–Crippen MR) is 126 cm³/mol. The maximum atomic E-state index is 15.1. The highest BCUT2D eigenvalue weighted by Crippen LogP contribution is 2.38. The van der Waals surface area contributed by atoms with Crippen LogP contribution < -0.4 is 10.3 Å². The lowest BCUT2D eigenvalue weighted by Gasteiger charge is -2.36. The lowest BCUT2D eigenvalue weighted by atomic mass is 10.1. The van der Waals surface area contributed by atoms with Gasteiger partial charge in [-0.25, -0.2) is 14.0 Å². The lowest BCUT2D eigenvalue weighted by Crippen LogP contribution is -2.46. The van der Waals surface area contributed by atoms with Gasteiger partial charge in [0.1, 0.15) is 17.1 Å². The van der Waals surface area contributed by atoms with Gasteiger partial charge in [-0.3, -0.25) is 9.69 Å². The van der Waals surface area contributed by atoms with E-state index in [4.69, 9.17) is 0 Å². The Balaban J connectivity index is 1.39. The van der Waals surface area contributed by atoms with Crippen molar-refractivity contribution in [3.8, 4) is 5.75 Å². The fourth-order valence-corrected chi connectivity index (χ4v) is 4.64. The number of carboxylic acid groups (broad SMARTS) is 2. The fraction of sp³-hybridized carbons (Fsp3) is 0.320. The van der Waals surface area contributed by atoms with Gasteiger partial charge in [0, 0.05) is 55.9 Å². The third-order valence-corrected chi connectivity index (χ3v) is 6.70. The van der Waals surface area contributed by atoms with Gasteiger partial charge in [0.25, 0.3) is 0 Å². The van der Waals surface area contributed by atoms with Crippen LogP contribution in [0.3, 0.4) is 0 Å². The fourth-order valence-electron chi connectivity index (χ4n) is 4.64. The van der Waals surface area contributed by atoms with Crippen molar-refractivity contribution >= 4 is 28.5 Å². The van der Waals surface area contributed by atoms with Crippen molar-refractivity contribution in [3.05, 3.63) is 69.3 Å². The zero-order valence-electron chi connectivity index (χ0n) is 18.8. The number of halogens is 1. The molecule has 0 radical (unpaired) electrons. The van der Waals surface area contributed by atoms with E-state index in [9.17, 15) is 29.7 Å². The summed E-state index contributed by atoms with van der Waals surface area (Å²) in [4.78, 5) is 39.4. The Labute approximate surface area is 199 Å². The Bertz CT molecular complexity index is 1410. The molecule has 3 N–H and O–H groups in total. The summed E-state index contributed by atoms with van der Waals surface area (Å²) in [5.74, 6) is -2.95. The van der Waals surface area contributed by atoms with E-state index in [1.807, 2.05) is 4.90 Å². The number of phenols is 1. The molecule has 9 nitrogen and oxygen atoms in total. The van der Waals surface area contributed by atoms with Gasteiger partial charge in [-0.2, -0.15) is 0 Å². The average Bonchev–Trinajstić information content (AvgIpc) is 3.66. The topological polar surface area (TPSA) is 123 Å². The highest BCUT2D eigenvalue weighted by atomic mass is 19.1. The Morgan fingerprint density at radius 2 is 1.71 bits per heavy atom. The first-order valence-electron chi connectivity index (χ1n) is 11.4. The number of nitrogens with zero attached hydrogens (tertiary/aromatic N) is 3. The first-order valence-corrected chi connectivity index (χ1v) is 11.4. The second-order valence-electron chi connectivity index (χ2n) is 9.05. The summed E-state index contributed by atoms with van der Waals surface area (Å²) in [7, 11) is 0. The molecule has 1 aliphatic heterocycles. The zero-order chi connectivity index (χ0) is 24.9. The molecule has 1 aliphatic carbocycles. The predicted octanol–water partition coefficient (Wildman–Crippen LogP) is 2.90. The van der Waals surface area contributed by atoms with Crippen LogP contribution in [0.1, 0.15) is 45.2 Å². The summed E-state index contributed by atoms with van der Waals surface area (Å²) < 4.78 is 16.9. The van der Waals surface area contributed by atoms with Crippen LogP contribution in [-0.4, -0.2) is 62.9 Å². The number of piperazine rings is 1. The minimum Gasteiger partial charge on any atom is -0.508 e. The van der Waals surface area contributed by atoms with Gasteiger partial charge in [-0.05, 0) is 43.2 Å². The van der Waals surface area contributed by atoms with Crippen LogP contribution in [0.4, 0.5) is 10.1 Å². The minimum atomic E-state index is -1.33.